The third-order valence-corrected chi connectivity index (χ3v) is 4.63. The van der Waals surface area contributed by atoms with Crippen molar-refractivity contribution >= 4 is 22.4 Å². The number of aliphatic hydroxyl groups excluding tert-OH is 1. The minimum Gasteiger partial charge on any atom is -0.396 e. The number of fused-ring (bicyclic) bond motifs is 1. The fourth-order valence-corrected chi connectivity index (χ4v) is 3.37. The molecule has 0 unspecified atom stereocenters. The summed E-state index contributed by atoms with van der Waals surface area (Å²) in [7, 11) is 0. The first kappa shape index (κ1) is 16.9. The summed E-state index contributed by atoms with van der Waals surface area (Å²) in [6.45, 7) is 8.30. The van der Waals surface area contributed by atoms with E-state index in [9.17, 15) is 9.90 Å². The van der Waals surface area contributed by atoms with E-state index in [0.29, 0.717) is 12.3 Å². The van der Waals surface area contributed by atoms with E-state index in [-0.39, 0.29) is 17.8 Å². The second kappa shape index (κ2) is 6.52. The van der Waals surface area contributed by atoms with Gasteiger partial charge in [0.05, 0.1) is 5.52 Å². The lowest BCUT2D eigenvalue weighted by Gasteiger charge is -2.20. The summed E-state index contributed by atoms with van der Waals surface area (Å²) in [5, 5.41) is 10.3. The predicted octanol–water partition coefficient (Wildman–Crippen LogP) is 3.67. The summed E-state index contributed by atoms with van der Waals surface area (Å²) in [5.74, 6) is 0.512. The number of hydrogen-bond acceptors (Lipinski definition) is 4. The van der Waals surface area contributed by atoms with Crippen LogP contribution in [0.5, 0.6) is 0 Å². The second-order valence-electron chi connectivity index (χ2n) is 8.00. The number of ketones is 1. The first-order chi connectivity index (χ1) is 11.4. The minimum atomic E-state index is -0.0341. The normalized spacial score (nSPS) is 18.3. The van der Waals surface area contributed by atoms with Crippen LogP contribution in [0.1, 0.15) is 44.0 Å². The molecule has 1 saturated heterocycles. The van der Waals surface area contributed by atoms with Crippen molar-refractivity contribution in [2.75, 3.05) is 24.6 Å². The zero-order chi connectivity index (χ0) is 17.3. The van der Waals surface area contributed by atoms with Gasteiger partial charge in [0.15, 0.2) is 5.78 Å². The molecule has 4 nitrogen and oxygen atoms in total. The summed E-state index contributed by atoms with van der Waals surface area (Å²) in [4.78, 5) is 19.4. The number of aliphatic hydroxyl groups is 1. The molecule has 0 amide bonds. The van der Waals surface area contributed by atoms with Gasteiger partial charge in [-0.05, 0) is 36.1 Å². The Morgan fingerprint density at radius 1 is 1.33 bits per heavy atom. The van der Waals surface area contributed by atoms with Gasteiger partial charge in [0.1, 0.15) is 0 Å². The molecule has 1 aromatic carbocycles. The van der Waals surface area contributed by atoms with Crippen LogP contribution in [0.15, 0.2) is 30.5 Å². The number of benzene rings is 1. The Morgan fingerprint density at radius 3 is 2.79 bits per heavy atom. The molecular weight excluding hydrogens is 300 g/mol. The number of pyridine rings is 1. The monoisotopic (exact) mass is 326 g/mol. The molecule has 1 fully saturated rings. The van der Waals surface area contributed by atoms with Crippen molar-refractivity contribution in [1.82, 2.24) is 4.98 Å². The predicted molar refractivity (Wildman–Crippen MR) is 97.6 cm³/mol. The van der Waals surface area contributed by atoms with E-state index < -0.39 is 0 Å². The molecule has 1 aliphatic rings. The maximum Gasteiger partial charge on any atom is 0.164 e. The molecule has 1 atom stereocenters. The summed E-state index contributed by atoms with van der Waals surface area (Å²) < 4.78 is 0. The Hall–Kier alpha value is -1.94. The maximum absolute atomic E-state index is 12.7. The van der Waals surface area contributed by atoms with E-state index in [1.165, 1.54) is 0 Å². The third-order valence-electron chi connectivity index (χ3n) is 4.63. The highest BCUT2D eigenvalue weighted by molar-refractivity contribution is 6.08. The summed E-state index contributed by atoms with van der Waals surface area (Å²) in [5.41, 5.74) is 2.69. The Labute approximate surface area is 143 Å². The first-order valence-corrected chi connectivity index (χ1v) is 8.65. The minimum absolute atomic E-state index is 0.0341. The molecule has 1 N–H and O–H groups in total. The van der Waals surface area contributed by atoms with Crippen LogP contribution in [0.25, 0.3) is 10.9 Å². The number of nitrogens with zero attached hydrogens (tertiary/aromatic N) is 2. The van der Waals surface area contributed by atoms with E-state index in [0.717, 1.165) is 41.7 Å². The van der Waals surface area contributed by atoms with Crippen LogP contribution < -0.4 is 4.90 Å². The lowest BCUT2D eigenvalue weighted by Crippen LogP contribution is -2.20. The number of carbonyl (C=O) groups is 1. The van der Waals surface area contributed by atoms with Crippen LogP contribution in [-0.2, 0) is 0 Å². The van der Waals surface area contributed by atoms with Gasteiger partial charge in [-0.25, -0.2) is 0 Å². The molecular formula is C20H26N2O2. The van der Waals surface area contributed by atoms with Gasteiger partial charge in [-0.3, -0.25) is 9.78 Å². The maximum atomic E-state index is 12.7. The quantitative estimate of drug-likeness (QED) is 0.871. The van der Waals surface area contributed by atoms with Crippen LogP contribution in [-0.4, -0.2) is 35.6 Å². The number of anilines is 1. The molecule has 128 valence electrons. The first-order valence-electron chi connectivity index (χ1n) is 8.65. The zero-order valence-electron chi connectivity index (χ0n) is 14.7. The van der Waals surface area contributed by atoms with Crippen molar-refractivity contribution in [2.45, 2.75) is 33.6 Å². The van der Waals surface area contributed by atoms with E-state index in [2.05, 4.69) is 42.8 Å². The van der Waals surface area contributed by atoms with E-state index in [4.69, 9.17) is 0 Å². The topological polar surface area (TPSA) is 53.4 Å². The zero-order valence-corrected chi connectivity index (χ0v) is 14.7. The molecule has 4 heteroatoms. The molecule has 1 aliphatic heterocycles. The molecule has 0 saturated carbocycles. The Balaban J connectivity index is 1.96. The van der Waals surface area contributed by atoms with Gasteiger partial charge in [0.25, 0.3) is 0 Å². The second-order valence-corrected chi connectivity index (χ2v) is 8.00. The van der Waals surface area contributed by atoms with Gasteiger partial charge >= 0.3 is 0 Å². The SMILES string of the molecule is CC(C)(C)CC(=O)c1ccnc2ccc(N3CC[C@H](CO)C3)cc12. The highest BCUT2D eigenvalue weighted by atomic mass is 16.3. The molecule has 0 aliphatic carbocycles. The lowest BCUT2D eigenvalue weighted by molar-refractivity contribution is 0.0941. The Bertz CT molecular complexity index is 749. The molecule has 1 aromatic heterocycles. The van der Waals surface area contributed by atoms with Crippen molar-refractivity contribution in [1.29, 1.82) is 0 Å². The standard InChI is InChI=1S/C20H26N2O2/c1-20(2,3)11-19(24)16-6-8-21-18-5-4-15(10-17(16)18)22-9-7-14(12-22)13-23/h4-6,8,10,14,23H,7,9,11-13H2,1-3H3/t14-/m0/s1. The van der Waals surface area contributed by atoms with Crippen LogP contribution in [0.3, 0.4) is 0 Å². The van der Waals surface area contributed by atoms with Gasteiger partial charge in [-0.2, -0.15) is 0 Å². The number of rotatable bonds is 4. The molecule has 2 aromatic rings. The van der Waals surface area contributed by atoms with Crippen molar-refractivity contribution in [3.8, 4) is 0 Å². The van der Waals surface area contributed by atoms with Gasteiger partial charge in [-0.1, -0.05) is 20.8 Å². The molecule has 3 rings (SSSR count). The number of aromatic nitrogens is 1. The molecule has 24 heavy (non-hydrogen) atoms. The average Bonchev–Trinajstić information content (AvgIpc) is 3.01. The van der Waals surface area contributed by atoms with E-state index in [1.807, 2.05) is 12.1 Å². The van der Waals surface area contributed by atoms with Gasteiger partial charge in [0.2, 0.25) is 0 Å². The molecule has 2 heterocycles. The van der Waals surface area contributed by atoms with Gasteiger partial charge < -0.3 is 10.0 Å². The van der Waals surface area contributed by atoms with Crippen LogP contribution in [0.4, 0.5) is 5.69 Å². The highest BCUT2D eigenvalue weighted by Gasteiger charge is 2.23. The number of hydrogen-bond donors (Lipinski definition) is 1. The van der Waals surface area contributed by atoms with Crippen molar-refractivity contribution in [2.24, 2.45) is 11.3 Å². The molecule has 0 bridgehead atoms. The largest absolute Gasteiger partial charge is 0.396 e. The van der Waals surface area contributed by atoms with Gasteiger partial charge in [0, 0.05) is 54.9 Å². The average molecular weight is 326 g/mol. The third kappa shape index (κ3) is 3.59. The molecule has 0 spiro atoms. The van der Waals surface area contributed by atoms with Crippen molar-refractivity contribution in [3.63, 3.8) is 0 Å². The van der Waals surface area contributed by atoms with Crippen LogP contribution in [0, 0.1) is 11.3 Å². The fraction of sp³-hybridized carbons (Fsp3) is 0.500. The van der Waals surface area contributed by atoms with E-state index >= 15 is 0 Å². The van der Waals surface area contributed by atoms with E-state index in [1.54, 1.807) is 6.20 Å². The summed E-state index contributed by atoms with van der Waals surface area (Å²) >= 11 is 0. The number of Topliss-reactive ketones (excluding diaryl/α,β-unsaturated/α-hetero) is 1. The Kier molecular flexibility index (Phi) is 4.59. The summed E-state index contributed by atoms with van der Waals surface area (Å²) in [6, 6.07) is 7.97. The van der Waals surface area contributed by atoms with Crippen molar-refractivity contribution < 1.29 is 9.90 Å². The smallest absolute Gasteiger partial charge is 0.164 e. The van der Waals surface area contributed by atoms with Crippen LogP contribution in [0.2, 0.25) is 0 Å². The van der Waals surface area contributed by atoms with Crippen LogP contribution >= 0.6 is 0 Å². The van der Waals surface area contributed by atoms with Crippen molar-refractivity contribution in [3.05, 3.63) is 36.0 Å². The molecule has 0 radical (unpaired) electrons. The Morgan fingerprint density at radius 2 is 2.12 bits per heavy atom. The highest BCUT2D eigenvalue weighted by Crippen LogP contribution is 2.30. The fourth-order valence-electron chi connectivity index (χ4n) is 3.37. The number of carbonyl (C=O) groups excluding carboxylic acids is 1. The summed E-state index contributed by atoms with van der Waals surface area (Å²) in [6.07, 6.45) is 3.25. The van der Waals surface area contributed by atoms with Gasteiger partial charge in [-0.15, -0.1) is 0 Å². The lowest BCUT2D eigenvalue weighted by atomic mass is 9.87.